The first-order chi connectivity index (χ1) is 10.1. The Balaban J connectivity index is 1.92. The molecular formula is C16H19NO4. The van der Waals surface area contributed by atoms with E-state index < -0.39 is 6.10 Å². The predicted octanol–water partition coefficient (Wildman–Crippen LogP) is 2.55. The normalized spacial score (nSPS) is 19.1. The topological polar surface area (TPSA) is 60.6 Å². The van der Waals surface area contributed by atoms with E-state index in [1.54, 1.807) is 6.20 Å². The number of rotatable bonds is 4. The quantitative estimate of drug-likeness (QED) is 0.879. The number of carbonyl (C=O) groups excluding carboxylic acids is 1. The molecule has 2 heterocycles. The van der Waals surface area contributed by atoms with Crippen molar-refractivity contribution < 1.29 is 19.0 Å². The van der Waals surface area contributed by atoms with Gasteiger partial charge in [0.25, 0.3) is 0 Å². The van der Waals surface area contributed by atoms with E-state index >= 15 is 0 Å². The lowest BCUT2D eigenvalue weighted by atomic mass is 10.0. The molecule has 5 heteroatoms. The second-order valence-corrected chi connectivity index (χ2v) is 5.37. The molecule has 1 N–H and O–H groups in total. The molecule has 1 fully saturated rings. The molecule has 21 heavy (non-hydrogen) atoms. The zero-order valence-electron chi connectivity index (χ0n) is 12.2. The first kappa shape index (κ1) is 14.1. The van der Waals surface area contributed by atoms with Gasteiger partial charge in [-0.1, -0.05) is 0 Å². The highest BCUT2D eigenvalue weighted by Crippen LogP contribution is 2.26. The van der Waals surface area contributed by atoms with Crippen LogP contribution in [0, 0.1) is 0 Å². The highest BCUT2D eigenvalue weighted by molar-refractivity contribution is 6.10. The van der Waals surface area contributed by atoms with Crippen LogP contribution in [-0.2, 0) is 9.47 Å². The third-order valence-electron chi connectivity index (χ3n) is 3.40. The molecule has 1 aliphatic rings. The van der Waals surface area contributed by atoms with E-state index in [0.29, 0.717) is 25.4 Å². The van der Waals surface area contributed by atoms with Crippen LogP contribution in [0.25, 0.3) is 10.9 Å². The number of Topliss-reactive ketones (excluding diaryl/α,β-unsaturated/α-hetero) is 1. The van der Waals surface area contributed by atoms with E-state index in [2.05, 4.69) is 4.98 Å². The van der Waals surface area contributed by atoms with Gasteiger partial charge in [0.05, 0.1) is 25.9 Å². The second-order valence-electron chi connectivity index (χ2n) is 5.37. The third kappa shape index (κ3) is 2.94. The highest BCUT2D eigenvalue weighted by Gasteiger charge is 2.26. The van der Waals surface area contributed by atoms with E-state index in [4.69, 9.17) is 14.2 Å². The number of benzene rings is 1. The number of ether oxygens (including phenoxy) is 3. The zero-order valence-corrected chi connectivity index (χ0v) is 12.2. The summed E-state index contributed by atoms with van der Waals surface area (Å²) in [6.45, 7) is 5.26. The van der Waals surface area contributed by atoms with Gasteiger partial charge in [-0.25, -0.2) is 0 Å². The van der Waals surface area contributed by atoms with Gasteiger partial charge in [0.2, 0.25) is 0 Å². The van der Waals surface area contributed by atoms with Gasteiger partial charge >= 0.3 is 0 Å². The van der Waals surface area contributed by atoms with Crippen LogP contribution >= 0.6 is 0 Å². The van der Waals surface area contributed by atoms with Crippen LogP contribution in [0.15, 0.2) is 24.4 Å². The van der Waals surface area contributed by atoms with Crippen molar-refractivity contribution in [3.05, 3.63) is 30.0 Å². The summed E-state index contributed by atoms with van der Waals surface area (Å²) in [6.07, 6.45) is 1.30. The monoisotopic (exact) mass is 289 g/mol. The van der Waals surface area contributed by atoms with E-state index in [-0.39, 0.29) is 11.9 Å². The largest absolute Gasteiger partial charge is 0.491 e. The standard InChI is InChI=1S/C16H19NO4/c1-10(2)21-11-3-4-14-12(7-11)13(8-17-14)16(18)15-9-19-5-6-20-15/h3-4,7-8,10,15,17H,5-6,9H2,1-2H3. The molecule has 5 nitrogen and oxygen atoms in total. The van der Waals surface area contributed by atoms with Crippen molar-refractivity contribution in [1.29, 1.82) is 0 Å². The zero-order chi connectivity index (χ0) is 14.8. The smallest absolute Gasteiger partial charge is 0.196 e. The molecule has 0 bridgehead atoms. The maximum Gasteiger partial charge on any atom is 0.196 e. The number of ketones is 1. The molecule has 1 aliphatic heterocycles. The maximum atomic E-state index is 12.5. The molecule has 0 radical (unpaired) electrons. The minimum absolute atomic E-state index is 0.0531. The highest BCUT2D eigenvalue weighted by atomic mass is 16.6. The molecule has 0 amide bonds. The van der Waals surface area contributed by atoms with Crippen molar-refractivity contribution in [2.75, 3.05) is 19.8 Å². The van der Waals surface area contributed by atoms with Gasteiger partial charge < -0.3 is 19.2 Å². The van der Waals surface area contributed by atoms with Gasteiger partial charge in [0.15, 0.2) is 5.78 Å². The predicted molar refractivity (Wildman–Crippen MR) is 79.0 cm³/mol. The van der Waals surface area contributed by atoms with Crippen molar-refractivity contribution >= 4 is 16.7 Å². The van der Waals surface area contributed by atoms with Gasteiger partial charge in [-0.3, -0.25) is 4.79 Å². The molecule has 1 aromatic heterocycles. The molecule has 2 aromatic rings. The van der Waals surface area contributed by atoms with Gasteiger partial charge in [-0.05, 0) is 32.0 Å². The van der Waals surface area contributed by atoms with Gasteiger partial charge in [0.1, 0.15) is 11.9 Å². The number of hydrogen-bond donors (Lipinski definition) is 1. The summed E-state index contributed by atoms with van der Waals surface area (Å²) < 4.78 is 16.5. The number of aromatic nitrogens is 1. The van der Waals surface area contributed by atoms with Gasteiger partial charge in [-0.2, -0.15) is 0 Å². The van der Waals surface area contributed by atoms with E-state index in [0.717, 1.165) is 16.7 Å². The summed E-state index contributed by atoms with van der Waals surface area (Å²) >= 11 is 0. The Morgan fingerprint density at radius 2 is 2.24 bits per heavy atom. The van der Waals surface area contributed by atoms with E-state index in [1.807, 2.05) is 32.0 Å². The van der Waals surface area contributed by atoms with Crippen LogP contribution in [-0.4, -0.2) is 42.8 Å². The minimum atomic E-state index is -0.521. The van der Waals surface area contributed by atoms with Crippen molar-refractivity contribution in [2.45, 2.75) is 26.1 Å². The number of H-pyrrole nitrogens is 1. The number of hydrogen-bond acceptors (Lipinski definition) is 4. The molecule has 112 valence electrons. The van der Waals surface area contributed by atoms with E-state index in [9.17, 15) is 4.79 Å². The lowest BCUT2D eigenvalue weighted by Gasteiger charge is -2.21. The first-order valence-corrected chi connectivity index (χ1v) is 7.16. The second kappa shape index (κ2) is 5.87. The fraction of sp³-hybridized carbons (Fsp3) is 0.438. The van der Waals surface area contributed by atoms with Crippen molar-refractivity contribution in [1.82, 2.24) is 4.98 Å². The Kier molecular flexibility index (Phi) is 3.94. The van der Waals surface area contributed by atoms with E-state index in [1.165, 1.54) is 0 Å². The molecule has 0 aliphatic carbocycles. The molecule has 1 saturated heterocycles. The Labute approximate surface area is 123 Å². The SMILES string of the molecule is CC(C)Oc1ccc2[nH]cc(C(=O)C3COCCO3)c2c1. The molecule has 0 spiro atoms. The molecule has 1 aromatic carbocycles. The fourth-order valence-electron chi connectivity index (χ4n) is 2.46. The first-order valence-electron chi connectivity index (χ1n) is 7.16. The lowest BCUT2D eigenvalue weighted by molar-refractivity contribution is -0.0718. The Morgan fingerprint density at radius 3 is 2.95 bits per heavy atom. The Morgan fingerprint density at radius 1 is 1.38 bits per heavy atom. The summed E-state index contributed by atoms with van der Waals surface area (Å²) in [5, 5.41) is 0.854. The van der Waals surface area contributed by atoms with Crippen molar-refractivity contribution in [3.63, 3.8) is 0 Å². The Bertz CT molecular complexity index is 641. The lowest BCUT2D eigenvalue weighted by Crippen LogP contribution is -2.35. The average Bonchev–Trinajstić information content (AvgIpc) is 2.90. The summed E-state index contributed by atoms with van der Waals surface area (Å²) in [4.78, 5) is 15.7. The van der Waals surface area contributed by atoms with Crippen molar-refractivity contribution in [2.24, 2.45) is 0 Å². The van der Waals surface area contributed by atoms with Crippen LogP contribution in [0.2, 0.25) is 0 Å². The summed E-state index contributed by atoms with van der Waals surface area (Å²) in [7, 11) is 0. The molecule has 0 saturated carbocycles. The molecular weight excluding hydrogens is 270 g/mol. The number of fused-ring (bicyclic) bond motifs is 1. The number of nitrogens with one attached hydrogen (secondary N) is 1. The van der Waals surface area contributed by atoms with Gasteiger partial charge in [-0.15, -0.1) is 0 Å². The molecule has 3 rings (SSSR count). The average molecular weight is 289 g/mol. The summed E-state index contributed by atoms with van der Waals surface area (Å²) in [6, 6.07) is 5.71. The number of carbonyl (C=O) groups is 1. The van der Waals surface area contributed by atoms with Crippen LogP contribution in [0.1, 0.15) is 24.2 Å². The van der Waals surface area contributed by atoms with Crippen LogP contribution in [0.3, 0.4) is 0 Å². The summed E-state index contributed by atoms with van der Waals surface area (Å²) in [5.74, 6) is 0.703. The molecule has 1 atom stereocenters. The number of aromatic amines is 1. The van der Waals surface area contributed by atoms with Crippen LogP contribution < -0.4 is 4.74 Å². The fourth-order valence-corrected chi connectivity index (χ4v) is 2.46. The van der Waals surface area contributed by atoms with Crippen LogP contribution in [0.5, 0.6) is 5.75 Å². The maximum absolute atomic E-state index is 12.5. The summed E-state index contributed by atoms with van der Waals surface area (Å²) in [5.41, 5.74) is 1.53. The Hall–Kier alpha value is -1.85. The molecule has 1 unspecified atom stereocenters. The minimum Gasteiger partial charge on any atom is -0.491 e. The van der Waals surface area contributed by atoms with Gasteiger partial charge in [0, 0.05) is 22.7 Å². The third-order valence-corrected chi connectivity index (χ3v) is 3.40. The van der Waals surface area contributed by atoms with Crippen LogP contribution in [0.4, 0.5) is 0 Å². The van der Waals surface area contributed by atoms with Crippen molar-refractivity contribution in [3.8, 4) is 5.75 Å².